The zero-order chi connectivity index (χ0) is 15.1. The average molecular weight is 288 g/mol. The summed E-state index contributed by atoms with van der Waals surface area (Å²) in [5.74, 6) is -0.746. The lowest BCUT2D eigenvalue weighted by Crippen LogP contribution is -2.58. The summed E-state index contributed by atoms with van der Waals surface area (Å²) in [5, 5.41) is 8.71. The molecule has 1 saturated heterocycles. The van der Waals surface area contributed by atoms with Crippen LogP contribution < -0.4 is 0 Å². The first-order valence-electron chi connectivity index (χ1n) is 6.74. The van der Waals surface area contributed by atoms with Gasteiger partial charge in [-0.1, -0.05) is 0 Å². The van der Waals surface area contributed by atoms with Gasteiger partial charge in [0.2, 0.25) is 0 Å². The third kappa shape index (κ3) is 4.64. The van der Waals surface area contributed by atoms with Crippen molar-refractivity contribution in [3.63, 3.8) is 0 Å². The Morgan fingerprint density at radius 3 is 2.50 bits per heavy atom. The van der Waals surface area contributed by atoms with E-state index in [1.165, 1.54) is 0 Å². The van der Waals surface area contributed by atoms with Crippen molar-refractivity contribution in [2.45, 2.75) is 19.4 Å². The molecule has 1 unspecified atom stereocenters. The van der Waals surface area contributed by atoms with Crippen LogP contribution in [0.2, 0.25) is 0 Å². The van der Waals surface area contributed by atoms with E-state index in [0.717, 1.165) is 0 Å². The van der Waals surface area contributed by atoms with Crippen molar-refractivity contribution in [2.24, 2.45) is 5.92 Å². The minimum atomic E-state index is -0.814. The number of nitrogens with zero attached hydrogens (tertiary/aromatic N) is 2. The van der Waals surface area contributed by atoms with Gasteiger partial charge in [0, 0.05) is 39.8 Å². The highest BCUT2D eigenvalue weighted by atomic mass is 16.5. The van der Waals surface area contributed by atoms with Crippen LogP contribution in [-0.2, 0) is 14.3 Å². The molecular formula is C13H24N2O5. The largest absolute Gasteiger partial charge is 0.481 e. The number of methoxy groups -OCH3 is 2. The quantitative estimate of drug-likeness (QED) is 0.703. The van der Waals surface area contributed by atoms with Crippen LogP contribution in [0.1, 0.15) is 13.3 Å². The summed E-state index contributed by atoms with van der Waals surface area (Å²) in [6.45, 7) is 4.36. The molecule has 0 aromatic rings. The van der Waals surface area contributed by atoms with Crippen LogP contribution >= 0.6 is 0 Å². The zero-order valence-corrected chi connectivity index (χ0v) is 12.4. The lowest BCUT2D eigenvalue weighted by Gasteiger charge is -2.42. The van der Waals surface area contributed by atoms with Crippen LogP contribution in [0.5, 0.6) is 0 Å². The summed E-state index contributed by atoms with van der Waals surface area (Å²) >= 11 is 0. The molecule has 7 nitrogen and oxygen atoms in total. The van der Waals surface area contributed by atoms with Crippen LogP contribution in [0, 0.1) is 5.92 Å². The maximum absolute atomic E-state index is 12.4. The van der Waals surface area contributed by atoms with E-state index in [1.54, 1.807) is 24.0 Å². The van der Waals surface area contributed by atoms with Gasteiger partial charge < -0.3 is 24.4 Å². The number of hydrogen-bond acceptors (Lipinski definition) is 4. The predicted molar refractivity (Wildman–Crippen MR) is 72.6 cm³/mol. The van der Waals surface area contributed by atoms with E-state index in [1.807, 2.05) is 6.92 Å². The number of carbonyl (C=O) groups excluding carboxylic acids is 1. The van der Waals surface area contributed by atoms with Crippen molar-refractivity contribution in [3.05, 3.63) is 0 Å². The summed E-state index contributed by atoms with van der Waals surface area (Å²) in [6, 6.07) is -0.116. The topological polar surface area (TPSA) is 79.3 Å². The van der Waals surface area contributed by atoms with Crippen LogP contribution in [0.4, 0.5) is 4.79 Å². The van der Waals surface area contributed by atoms with Crippen molar-refractivity contribution in [3.8, 4) is 0 Å². The van der Waals surface area contributed by atoms with Gasteiger partial charge in [0.25, 0.3) is 0 Å². The Balaban J connectivity index is 2.49. The van der Waals surface area contributed by atoms with Crippen LogP contribution in [-0.4, -0.2) is 80.0 Å². The highest BCUT2D eigenvalue weighted by Crippen LogP contribution is 2.21. The number of carboxylic acid groups (broad SMARTS) is 1. The fourth-order valence-corrected chi connectivity index (χ4v) is 2.31. The van der Waals surface area contributed by atoms with Gasteiger partial charge in [0.05, 0.1) is 25.7 Å². The fourth-order valence-electron chi connectivity index (χ4n) is 2.31. The third-order valence-electron chi connectivity index (χ3n) is 3.41. The Hall–Kier alpha value is -1.34. The molecule has 0 aromatic heterocycles. The Bertz CT molecular complexity index is 331. The smallest absolute Gasteiger partial charge is 0.320 e. The Morgan fingerprint density at radius 1 is 1.35 bits per heavy atom. The Labute approximate surface area is 119 Å². The van der Waals surface area contributed by atoms with E-state index >= 15 is 0 Å². The highest BCUT2D eigenvalue weighted by Gasteiger charge is 2.35. The molecule has 0 aromatic carbocycles. The summed E-state index contributed by atoms with van der Waals surface area (Å²) in [7, 11) is 3.19. The fraction of sp³-hybridized carbons (Fsp3) is 0.846. The number of urea groups is 1. The molecule has 1 fully saturated rings. The number of rotatable bonds is 8. The minimum absolute atomic E-state index is 0.0406. The molecule has 1 aliphatic rings. The molecule has 1 N–H and O–H groups in total. The standard InChI is InChI=1S/C13H24N2O5/c1-10(9-20-3)15(4-5-19-2)13(18)14-7-11(8-14)6-12(16)17/h10-11H,4-9H2,1-3H3,(H,16,17). The lowest BCUT2D eigenvalue weighted by atomic mass is 9.97. The molecule has 2 amide bonds. The number of carboxylic acids is 1. The molecule has 0 radical (unpaired) electrons. The molecule has 1 atom stereocenters. The second-order valence-corrected chi connectivity index (χ2v) is 5.14. The maximum Gasteiger partial charge on any atom is 0.320 e. The van der Waals surface area contributed by atoms with Crippen LogP contribution in [0.3, 0.4) is 0 Å². The van der Waals surface area contributed by atoms with E-state index in [0.29, 0.717) is 32.8 Å². The van der Waals surface area contributed by atoms with Crippen molar-refractivity contribution in [1.29, 1.82) is 0 Å². The number of likely N-dealkylation sites (tertiary alicyclic amines) is 1. The van der Waals surface area contributed by atoms with E-state index in [2.05, 4.69) is 0 Å². The van der Waals surface area contributed by atoms with E-state index < -0.39 is 5.97 Å². The monoisotopic (exact) mass is 288 g/mol. The first-order valence-corrected chi connectivity index (χ1v) is 6.74. The molecule has 7 heteroatoms. The van der Waals surface area contributed by atoms with Gasteiger partial charge in [-0.2, -0.15) is 0 Å². The van der Waals surface area contributed by atoms with Gasteiger partial charge in [-0.25, -0.2) is 4.79 Å². The molecule has 0 spiro atoms. The summed E-state index contributed by atoms with van der Waals surface area (Å²) < 4.78 is 10.1. The second kappa shape index (κ2) is 8.06. The number of amides is 2. The molecule has 1 rings (SSSR count). The van der Waals surface area contributed by atoms with Gasteiger partial charge in [-0.05, 0) is 6.92 Å². The first-order chi connectivity index (χ1) is 9.49. The molecule has 0 bridgehead atoms. The van der Waals surface area contributed by atoms with Crippen molar-refractivity contribution in [2.75, 3.05) is 47.1 Å². The molecule has 1 heterocycles. The van der Waals surface area contributed by atoms with E-state index in [9.17, 15) is 9.59 Å². The number of aliphatic carboxylic acids is 1. The van der Waals surface area contributed by atoms with Gasteiger partial charge in [0.15, 0.2) is 0 Å². The van der Waals surface area contributed by atoms with Crippen LogP contribution in [0.25, 0.3) is 0 Å². The molecule has 0 aliphatic carbocycles. The average Bonchev–Trinajstić information content (AvgIpc) is 2.33. The molecule has 20 heavy (non-hydrogen) atoms. The molecular weight excluding hydrogens is 264 g/mol. The van der Waals surface area contributed by atoms with Gasteiger partial charge in [0.1, 0.15) is 0 Å². The van der Waals surface area contributed by atoms with E-state index in [4.69, 9.17) is 14.6 Å². The van der Waals surface area contributed by atoms with Gasteiger partial charge in [-0.15, -0.1) is 0 Å². The summed E-state index contributed by atoms with van der Waals surface area (Å²) in [5.41, 5.74) is 0. The van der Waals surface area contributed by atoms with Crippen LogP contribution in [0.15, 0.2) is 0 Å². The SMILES string of the molecule is COCCN(C(=O)N1CC(CC(=O)O)C1)C(C)COC. The Morgan fingerprint density at radius 2 is 2.00 bits per heavy atom. The van der Waals surface area contributed by atoms with E-state index in [-0.39, 0.29) is 24.4 Å². The maximum atomic E-state index is 12.4. The number of ether oxygens (including phenoxy) is 2. The Kier molecular flexibility index (Phi) is 6.74. The first kappa shape index (κ1) is 16.7. The number of carbonyl (C=O) groups is 2. The molecule has 116 valence electrons. The second-order valence-electron chi connectivity index (χ2n) is 5.14. The predicted octanol–water partition coefficient (Wildman–Crippen LogP) is 0.496. The van der Waals surface area contributed by atoms with Gasteiger partial charge >= 0.3 is 12.0 Å². The number of hydrogen-bond donors (Lipinski definition) is 1. The zero-order valence-electron chi connectivity index (χ0n) is 12.4. The summed E-state index contributed by atoms with van der Waals surface area (Å²) in [4.78, 5) is 26.4. The van der Waals surface area contributed by atoms with Crippen molar-refractivity contribution < 1.29 is 24.2 Å². The normalized spacial score (nSPS) is 16.6. The third-order valence-corrected chi connectivity index (χ3v) is 3.41. The lowest BCUT2D eigenvalue weighted by molar-refractivity contribution is -0.139. The highest BCUT2D eigenvalue weighted by molar-refractivity contribution is 5.76. The molecule has 0 saturated carbocycles. The summed E-state index contributed by atoms with van der Waals surface area (Å²) in [6.07, 6.45) is 0.121. The van der Waals surface area contributed by atoms with Crippen molar-refractivity contribution >= 4 is 12.0 Å². The molecule has 1 aliphatic heterocycles. The van der Waals surface area contributed by atoms with Crippen molar-refractivity contribution in [1.82, 2.24) is 9.80 Å². The minimum Gasteiger partial charge on any atom is -0.481 e. The van der Waals surface area contributed by atoms with Gasteiger partial charge in [-0.3, -0.25) is 4.79 Å².